The van der Waals surface area contributed by atoms with Crippen LogP contribution in [0.2, 0.25) is 0 Å². The fourth-order valence-corrected chi connectivity index (χ4v) is 2.22. The van der Waals surface area contributed by atoms with E-state index in [-0.39, 0.29) is 11.9 Å². The average Bonchev–Trinajstić information content (AvgIpc) is 2.74. The number of benzene rings is 1. The Hall–Kier alpha value is -0.930. The molecule has 1 aromatic rings. The summed E-state index contributed by atoms with van der Waals surface area (Å²) >= 11 is 0. The van der Waals surface area contributed by atoms with Gasteiger partial charge in [-0.25, -0.2) is 4.39 Å². The Kier molecular flexibility index (Phi) is 3.91. The molecule has 16 heavy (non-hydrogen) atoms. The van der Waals surface area contributed by atoms with E-state index in [1.54, 1.807) is 12.1 Å². The number of hydrogen-bond acceptors (Lipinski definition) is 2. The molecule has 1 heterocycles. The summed E-state index contributed by atoms with van der Waals surface area (Å²) in [5.74, 6) is 0.275. The minimum absolute atomic E-state index is 0.0507. The predicted octanol–water partition coefficient (Wildman–Crippen LogP) is 2.51. The van der Waals surface area contributed by atoms with Crippen LogP contribution < -0.4 is 5.32 Å². The van der Waals surface area contributed by atoms with Gasteiger partial charge in [-0.05, 0) is 30.7 Å². The van der Waals surface area contributed by atoms with Crippen LogP contribution in [-0.2, 0) is 4.74 Å². The zero-order valence-electron chi connectivity index (χ0n) is 9.58. The second kappa shape index (κ2) is 5.41. The number of ether oxygens (including phenoxy) is 1. The molecule has 0 aliphatic carbocycles. The molecule has 0 amide bonds. The number of rotatable bonds is 4. The summed E-state index contributed by atoms with van der Waals surface area (Å²) < 4.78 is 18.8. The smallest absolute Gasteiger partial charge is 0.123 e. The van der Waals surface area contributed by atoms with Gasteiger partial charge < -0.3 is 10.1 Å². The topological polar surface area (TPSA) is 21.3 Å². The first-order valence-electron chi connectivity index (χ1n) is 5.89. The third-order valence-corrected chi connectivity index (χ3v) is 3.05. The molecule has 2 rings (SSSR count). The minimum Gasteiger partial charge on any atom is -0.373 e. The Morgan fingerprint density at radius 1 is 1.50 bits per heavy atom. The van der Waals surface area contributed by atoms with E-state index in [2.05, 4.69) is 12.2 Å². The van der Waals surface area contributed by atoms with Crippen molar-refractivity contribution in [3.8, 4) is 0 Å². The second-order valence-corrected chi connectivity index (χ2v) is 4.20. The Labute approximate surface area is 95.8 Å². The molecular formula is C13H18FNO. The van der Waals surface area contributed by atoms with Gasteiger partial charge in [0.05, 0.1) is 6.10 Å². The number of hydrogen-bond donors (Lipinski definition) is 1. The van der Waals surface area contributed by atoms with Crippen molar-refractivity contribution in [3.63, 3.8) is 0 Å². The van der Waals surface area contributed by atoms with E-state index in [1.807, 2.05) is 6.07 Å². The maximum atomic E-state index is 13.1. The second-order valence-electron chi connectivity index (χ2n) is 4.20. The van der Waals surface area contributed by atoms with Crippen molar-refractivity contribution >= 4 is 0 Å². The summed E-state index contributed by atoms with van der Waals surface area (Å²) in [7, 11) is 0. The van der Waals surface area contributed by atoms with Crippen LogP contribution in [-0.4, -0.2) is 19.7 Å². The predicted molar refractivity (Wildman–Crippen MR) is 61.7 cm³/mol. The van der Waals surface area contributed by atoms with Crippen molar-refractivity contribution in [1.29, 1.82) is 0 Å². The lowest BCUT2D eigenvalue weighted by Gasteiger charge is -2.19. The largest absolute Gasteiger partial charge is 0.373 e. The van der Waals surface area contributed by atoms with Crippen LogP contribution in [0.1, 0.15) is 25.0 Å². The maximum Gasteiger partial charge on any atom is 0.123 e. The van der Waals surface area contributed by atoms with E-state index in [1.165, 1.54) is 6.07 Å². The molecule has 2 unspecified atom stereocenters. The molecule has 1 aliphatic rings. The van der Waals surface area contributed by atoms with E-state index in [9.17, 15) is 4.39 Å². The molecule has 3 heteroatoms. The fraction of sp³-hybridized carbons (Fsp3) is 0.538. The quantitative estimate of drug-likeness (QED) is 0.846. The van der Waals surface area contributed by atoms with Crippen molar-refractivity contribution in [1.82, 2.24) is 5.32 Å². The maximum absolute atomic E-state index is 13.1. The monoisotopic (exact) mass is 223 g/mol. The molecule has 1 N–H and O–H groups in total. The van der Waals surface area contributed by atoms with E-state index in [0.29, 0.717) is 5.92 Å². The number of halogens is 1. The molecule has 0 aromatic heterocycles. The third-order valence-electron chi connectivity index (χ3n) is 3.05. The summed E-state index contributed by atoms with van der Waals surface area (Å²) in [5, 5.41) is 3.33. The van der Waals surface area contributed by atoms with Crippen molar-refractivity contribution in [2.24, 2.45) is 5.92 Å². The molecule has 0 bridgehead atoms. The molecule has 1 fully saturated rings. The first kappa shape index (κ1) is 11.6. The zero-order chi connectivity index (χ0) is 11.4. The molecule has 1 aliphatic heterocycles. The summed E-state index contributed by atoms with van der Waals surface area (Å²) in [6.07, 6.45) is 1.10. The van der Waals surface area contributed by atoms with Gasteiger partial charge in [-0.15, -0.1) is 0 Å². The SMILES string of the molecule is CCNCC1CCOC1c1cccc(F)c1. The zero-order valence-corrected chi connectivity index (χ0v) is 9.58. The van der Waals surface area contributed by atoms with Crippen molar-refractivity contribution in [3.05, 3.63) is 35.6 Å². The lowest BCUT2D eigenvalue weighted by molar-refractivity contribution is 0.0904. The summed E-state index contributed by atoms with van der Waals surface area (Å²) in [5.41, 5.74) is 0.959. The van der Waals surface area contributed by atoms with E-state index < -0.39 is 0 Å². The summed E-state index contributed by atoms with van der Waals surface area (Å²) in [6.45, 7) is 4.77. The van der Waals surface area contributed by atoms with Gasteiger partial charge in [-0.3, -0.25) is 0 Å². The highest BCUT2D eigenvalue weighted by molar-refractivity contribution is 5.20. The molecule has 1 saturated heterocycles. The molecular weight excluding hydrogens is 205 g/mol. The highest BCUT2D eigenvalue weighted by atomic mass is 19.1. The van der Waals surface area contributed by atoms with Crippen LogP contribution in [0, 0.1) is 11.7 Å². The van der Waals surface area contributed by atoms with Gasteiger partial charge in [0.15, 0.2) is 0 Å². The van der Waals surface area contributed by atoms with Gasteiger partial charge in [-0.1, -0.05) is 19.1 Å². The van der Waals surface area contributed by atoms with Gasteiger partial charge in [0, 0.05) is 19.1 Å². The van der Waals surface area contributed by atoms with Crippen LogP contribution in [0.25, 0.3) is 0 Å². The van der Waals surface area contributed by atoms with Gasteiger partial charge in [-0.2, -0.15) is 0 Å². The van der Waals surface area contributed by atoms with Crippen LogP contribution in [0.4, 0.5) is 4.39 Å². The Balaban J connectivity index is 2.07. The van der Waals surface area contributed by atoms with E-state index >= 15 is 0 Å². The van der Waals surface area contributed by atoms with Gasteiger partial charge in [0.1, 0.15) is 5.82 Å². The third kappa shape index (κ3) is 2.60. The molecule has 0 saturated carbocycles. The first-order valence-corrected chi connectivity index (χ1v) is 5.89. The summed E-state index contributed by atoms with van der Waals surface area (Å²) in [6, 6.07) is 6.74. The van der Waals surface area contributed by atoms with Crippen LogP contribution in [0.3, 0.4) is 0 Å². The van der Waals surface area contributed by atoms with Crippen LogP contribution in [0.5, 0.6) is 0 Å². The molecule has 1 aromatic carbocycles. The highest BCUT2D eigenvalue weighted by Crippen LogP contribution is 2.34. The van der Waals surface area contributed by atoms with Crippen molar-refractivity contribution in [2.75, 3.05) is 19.7 Å². The lowest BCUT2D eigenvalue weighted by atomic mass is 9.95. The van der Waals surface area contributed by atoms with Gasteiger partial charge in [0.2, 0.25) is 0 Å². The average molecular weight is 223 g/mol. The lowest BCUT2D eigenvalue weighted by Crippen LogP contribution is -2.24. The standard InChI is InChI=1S/C13H18FNO/c1-2-15-9-11-6-7-16-13(11)10-4-3-5-12(14)8-10/h3-5,8,11,13,15H,2,6-7,9H2,1H3. The molecule has 2 nitrogen and oxygen atoms in total. The summed E-state index contributed by atoms with van der Waals surface area (Å²) in [4.78, 5) is 0. The number of nitrogens with one attached hydrogen (secondary N) is 1. The van der Waals surface area contributed by atoms with Gasteiger partial charge >= 0.3 is 0 Å². The molecule has 0 spiro atoms. The van der Waals surface area contributed by atoms with Crippen LogP contribution >= 0.6 is 0 Å². The van der Waals surface area contributed by atoms with Crippen molar-refractivity contribution in [2.45, 2.75) is 19.4 Å². The van der Waals surface area contributed by atoms with E-state index in [4.69, 9.17) is 4.74 Å². The van der Waals surface area contributed by atoms with E-state index in [0.717, 1.165) is 31.7 Å². The Morgan fingerprint density at radius 2 is 2.38 bits per heavy atom. The highest BCUT2D eigenvalue weighted by Gasteiger charge is 2.29. The van der Waals surface area contributed by atoms with Gasteiger partial charge in [0.25, 0.3) is 0 Å². The normalized spacial score (nSPS) is 24.9. The van der Waals surface area contributed by atoms with Crippen molar-refractivity contribution < 1.29 is 9.13 Å². The Bertz CT molecular complexity index is 342. The van der Waals surface area contributed by atoms with Crippen LogP contribution in [0.15, 0.2) is 24.3 Å². The fourth-order valence-electron chi connectivity index (χ4n) is 2.22. The molecule has 2 atom stereocenters. The molecule has 88 valence electrons. The Morgan fingerprint density at radius 3 is 3.12 bits per heavy atom. The molecule has 0 radical (unpaired) electrons. The minimum atomic E-state index is -0.185. The first-order chi connectivity index (χ1) is 7.81.